The standard InChI is InChI=1S/C23H17BrCl2N4O2/c24-18-3-8-21(9-4-18)32-20-6-1-16(2-7-20)23(12-30-15-27-14-28-30)29-31-13-17-11-19(25)5-10-22(17)26/h1-11,14-15H,12-13H2/b29-23-. The van der Waals surface area contributed by atoms with E-state index in [1.165, 1.54) is 6.33 Å². The van der Waals surface area contributed by atoms with E-state index in [2.05, 4.69) is 31.2 Å². The molecule has 0 aliphatic carbocycles. The van der Waals surface area contributed by atoms with Crippen LogP contribution in [0.3, 0.4) is 0 Å². The van der Waals surface area contributed by atoms with Crippen molar-refractivity contribution in [2.75, 3.05) is 0 Å². The molecule has 32 heavy (non-hydrogen) atoms. The average Bonchev–Trinajstić information content (AvgIpc) is 3.31. The van der Waals surface area contributed by atoms with E-state index >= 15 is 0 Å². The maximum atomic E-state index is 6.21. The second kappa shape index (κ2) is 10.6. The average molecular weight is 532 g/mol. The van der Waals surface area contributed by atoms with Gasteiger partial charge in [-0.2, -0.15) is 5.10 Å². The lowest BCUT2D eigenvalue weighted by molar-refractivity contribution is 0.130. The summed E-state index contributed by atoms with van der Waals surface area (Å²) in [4.78, 5) is 9.59. The molecule has 0 radical (unpaired) electrons. The third-order valence-corrected chi connectivity index (χ3v) is 5.55. The van der Waals surface area contributed by atoms with Crippen molar-refractivity contribution >= 4 is 44.8 Å². The zero-order valence-corrected chi connectivity index (χ0v) is 19.8. The number of hydrogen-bond acceptors (Lipinski definition) is 5. The molecule has 162 valence electrons. The minimum absolute atomic E-state index is 0.186. The molecule has 6 nitrogen and oxygen atoms in total. The Balaban J connectivity index is 1.51. The lowest BCUT2D eigenvalue weighted by atomic mass is 10.1. The Hall–Kier alpha value is -2.87. The van der Waals surface area contributed by atoms with E-state index < -0.39 is 0 Å². The first-order valence-corrected chi connectivity index (χ1v) is 11.1. The number of nitrogens with zero attached hydrogens (tertiary/aromatic N) is 4. The first-order valence-electron chi connectivity index (χ1n) is 9.56. The van der Waals surface area contributed by atoms with Gasteiger partial charge in [-0.3, -0.25) is 0 Å². The summed E-state index contributed by atoms with van der Waals surface area (Å²) in [6, 6.07) is 20.4. The number of aromatic nitrogens is 3. The van der Waals surface area contributed by atoms with E-state index in [1.807, 2.05) is 48.5 Å². The van der Waals surface area contributed by atoms with Crippen LogP contribution in [0.4, 0.5) is 0 Å². The summed E-state index contributed by atoms with van der Waals surface area (Å²) in [7, 11) is 0. The fourth-order valence-electron chi connectivity index (χ4n) is 2.83. The van der Waals surface area contributed by atoms with Gasteiger partial charge in [0.1, 0.15) is 36.5 Å². The molecule has 0 atom stereocenters. The predicted molar refractivity (Wildman–Crippen MR) is 128 cm³/mol. The van der Waals surface area contributed by atoms with Crippen LogP contribution in [0.25, 0.3) is 0 Å². The Kier molecular flexibility index (Phi) is 7.42. The summed E-state index contributed by atoms with van der Waals surface area (Å²) in [6.07, 6.45) is 3.09. The van der Waals surface area contributed by atoms with Crippen LogP contribution in [-0.4, -0.2) is 20.5 Å². The van der Waals surface area contributed by atoms with Crippen molar-refractivity contribution in [3.8, 4) is 11.5 Å². The Bertz CT molecular complexity index is 1200. The van der Waals surface area contributed by atoms with Gasteiger partial charge in [-0.05, 0) is 66.7 Å². The Morgan fingerprint density at radius 2 is 1.69 bits per heavy atom. The van der Waals surface area contributed by atoms with Crippen LogP contribution in [-0.2, 0) is 18.0 Å². The molecule has 4 aromatic rings. The van der Waals surface area contributed by atoms with Gasteiger partial charge < -0.3 is 9.57 Å². The zero-order valence-electron chi connectivity index (χ0n) is 16.7. The molecule has 0 aliphatic heterocycles. The summed E-state index contributed by atoms with van der Waals surface area (Å²) in [5.74, 6) is 1.46. The largest absolute Gasteiger partial charge is 0.457 e. The fraction of sp³-hybridized carbons (Fsp3) is 0.0870. The molecular formula is C23H17BrCl2N4O2. The van der Waals surface area contributed by atoms with E-state index in [0.717, 1.165) is 21.3 Å². The van der Waals surface area contributed by atoms with Crippen molar-refractivity contribution in [1.29, 1.82) is 0 Å². The second-order valence-electron chi connectivity index (χ2n) is 6.72. The highest BCUT2D eigenvalue weighted by Gasteiger charge is 2.09. The number of rotatable bonds is 8. The second-order valence-corrected chi connectivity index (χ2v) is 8.48. The summed E-state index contributed by atoms with van der Waals surface area (Å²) in [6.45, 7) is 0.571. The van der Waals surface area contributed by atoms with Gasteiger partial charge in [-0.15, -0.1) is 0 Å². The quantitative estimate of drug-likeness (QED) is 0.186. The van der Waals surface area contributed by atoms with Gasteiger partial charge in [-0.25, -0.2) is 9.67 Å². The van der Waals surface area contributed by atoms with Gasteiger partial charge in [0.15, 0.2) is 0 Å². The number of oxime groups is 1. The van der Waals surface area contributed by atoms with Crippen LogP contribution >= 0.6 is 39.1 Å². The molecular weight excluding hydrogens is 515 g/mol. The normalized spacial score (nSPS) is 11.4. The highest BCUT2D eigenvalue weighted by Crippen LogP contribution is 2.24. The van der Waals surface area contributed by atoms with Crippen molar-refractivity contribution in [1.82, 2.24) is 14.8 Å². The summed E-state index contributed by atoms with van der Waals surface area (Å²) >= 11 is 15.7. The van der Waals surface area contributed by atoms with Crippen LogP contribution in [0, 0.1) is 0 Å². The molecule has 9 heteroatoms. The van der Waals surface area contributed by atoms with Crippen molar-refractivity contribution in [2.24, 2.45) is 5.16 Å². The highest BCUT2D eigenvalue weighted by atomic mass is 79.9. The molecule has 0 saturated heterocycles. The first kappa shape index (κ1) is 22.3. The molecule has 4 rings (SSSR count). The molecule has 0 bridgehead atoms. The van der Waals surface area contributed by atoms with Crippen molar-refractivity contribution < 1.29 is 9.57 Å². The summed E-state index contributed by atoms with van der Waals surface area (Å²) in [5, 5.41) is 9.65. The lowest BCUT2D eigenvalue weighted by Gasteiger charge is -2.10. The fourth-order valence-corrected chi connectivity index (χ4v) is 3.46. The van der Waals surface area contributed by atoms with Crippen LogP contribution < -0.4 is 4.74 Å². The maximum Gasteiger partial charge on any atom is 0.143 e. The number of halogens is 3. The lowest BCUT2D eigenvalue weighted by Crippen LogP contribution is -2.13. The van der Waals surface area contributed by atoms with Gasteiger partial charge in [0.25, 0.3) is 0 Å². The molecule has 0 N–H and O–H groups in total. The Morgan fingerprint density at radius 1 is 0.969 bits per heavy atom. The van der Waals surface area contributed by atoms with Crippen molar-refractivity contribution in [2.45, 2.75) is 13.2 Å². The minimum Gasteiger partial charge on any atom is -0.457 e. The molecule has 1 aromatic heterocycles. The predicted octanol–water partition coefficient (Wildman–Crippen LogP) is 6.76. The number of benzene rings is 3. The van der Waals surface area contributed by atoms with Gasteiger partial charge in [0.05, 0.1) is 6.54 Å². The van der Waals surface area contributed by atoms with Crippen LogP contribution in [0.1, 0.15) is 11.1 Å². The van der Waals surface area contributed by atoms with Crippen LogP contribution in [0.15, 0.2) is 89.0 Å². The van der Waals surface area contributed by atoms with Gasteiger partial charge in [0.2, 0.25) is 0 Å². The van der Waals surface area contributed by atoms with Gasteiger partial charge >= 0.3 is 0 Å². The summed E-state index contributed by atoms with van der Waals surface area (Å²) in [5.41, 5.74) is 2.28. The molecule has 0 amide bonds. The number of ether oxygens (including phenoxy) is 1. The topological polar surface area (TPSA) is 61.5 Å². The van der Waals surface area contributed by atoms with Crippen LogP contribution in [0.5, 0.6) is 11.5 Å². The van der Waals surface area contributed by atoms with E-state index in [0.29, 0.717) is 28.1 Å². The zero-order chi connectivity index (χ0) is 22.3. The molecule has 0 unspecified atom stereocenters. The first-order chi connectivity index (χ1) is 15.6. The Labute approximate surface area is 203 Å². The molecule has 0 fully saturated rings. The van der Waals surface area contributed by atoms with E-state index in [1.54, 1.807) is 29.2 Å². The molecule has 0 saturated carbocycles. The maximum absolute atomic E-state index is 6.21. The van der Waals surface area contributed by atoms with Gasteiger partial charge in [0, 0.05) is 25.6 Å². The van der Waals surface area contributed by atoms with E-state index in [-0.39, 0.29) is 6.61 Å². The van der Waals surface area contributed by atoms with E-state index in [4.69, 9.17) is 32.8 Å². The third kappa shape index (κ3) is 6.09. The van der Waals surface area contributed by atoms with E-state index in [9.17, 15) is 0 Å². The molecule has 1 heterocycles. The Morgan fingerprint density at radius 3 is 2.38 bits per heavy atom. The molecule has 0 aliphatic rings. The third-order valence-electron chi connectivity index (χ3n) is 4.42. The SMILES string of the molecule is Clc1ccc(Cl)c(CO/N=C(/Cn2cncn2)c2ccc(Oc3ccc(Br)cc3)cc2)c1. The van der Waals surface area contributed by atoms with Crippen molar-refractivity contribution in [3.05, 3.63) is 105 Å². The highest BCUT2D eigenvalue weighted by molar-refractivity contribution is 9.10. The van der Waals surface area contributed by atoms with Crippen molar-refractivity contribution in [3.63, 3.8) is 0 Å². The van der Waals surface area contributed by atoms with Gasteiger partial charge in [-0.1, -0.05) is 44.3 Å². The monoisotopic (exact) mass is 530 g/mol. The minimum atomic E-state index is 0.186. The molecule has 3 aromatic carbocycles. The summed E-state index contributed by atoms with van der Waals surface area (Å²) < 4.78 is 8.55. The van der Waals surface area contributed by atoms with Crippen LogP contribution in [0.2, 0.25) is 10.0 Å². The smallest absolute Gasteiger partial charge is 0.143 e. The molecule has 0 spiro atoms. The number of hydrogen-bond donors (Lipinski definition) is 0.